The summed E-state index contributed by atoms with van der Waals surface area (Å²) in [5.74, 6) is -0.886. The number of hydrogen-bond acceptors (Lipinski definition) is 6. The monoisotopic (exact) mass is 386 g/mol. The van der Waals surface area contributed by atoms with E-state index in [9.17, 15) is 19.8 Å². The Morgan fingerprint density at radius 3 is 2.36 bits per heavy atom. The first-order chi connectivity index (χ1) is 13.4. The molecule has 2 aromatic rings. The average molecular weight is 386 g/mol. The molecule has 0 aliphatic rings. The number of amides is 2. The zero-order valence-electron chi connectivity index (χ0n) is 15.9. The number of aliphatic hydroxyl groups is 2. The smallest absolute Gasteiger partial charge is 0.272 e. The van der Waals surface area contributed by atoms with Crippen LogP contribution in [0.15, 0.2) is 48.9 Å². The van der Waals surface area contributed by atoms with Crippen molar-refractivity contribution in [2.45, 2.75) is 45.1 Å². The van der Waals surface area contributed by atoms with Gasteiger partial charge in [0.1, 0.15) is 11.7 Å². The standard InChI is InChI=1S/C20H26N4O4/c1-13(2)10-16(20(27)28)24-18(25)15(11-14-6-4-3-5-7-14)23-19(26)17-12-21-8-9-22-17/h3-9,12-13,15-16,20,27-28H,10-11H2,1-2H3,(H,23,26)(H,24,25)/t15-,16-/m0/s1. The summed E-state index contributed by atoms with van der Waals surface area (Å²) in [6.07, 6.45) is 3.09. The van der Waals surface area contributed by atoms with Crippen LogP contribution in [0, 0.1) is 5.92 Å². The minimum Gasteiger partial charge on any atom is -0.366 e. The van der Waals surface area contributed by atoms with E-state index in [2.05, 4.69) is 20.6 Å². The van der Waals surface area contributed by atoms with Gasteiger partial charge < -0.3 is 20.8 Å². The second-order valence-electron chi connectivity index (χ2n) is 6.96. The molecule has 0 fully saturated rings. The van der Waals surface area contributed by atoms with Crippen molar-refractivity contribution < 1.29 is 19.8 Å². The quantitative estimate of drug-likeness (QED) is 0.469. The molecule has 0 spiro atoms. The number of aromatic nitrogens is 2. The fraction of sp³-hybridized carbons (Fsp3) is 0.400. The molecule has 2 rings (SSSR count). The van der Waals surface area contributed by atoms with Gasteiger partial charge in [0.05, 0.1) is 12.2 Å². The second kappa shape index (κ2) is 10.5. The molecule has 28 heavy (non-hydrogen) atoms. The van der Waals surface area contributed by atoms with Crippen molar-refractivity contribution in [2.24, 2.45) is 5.92 Å². The predicted octanol–water partition coefficient (Wildman–Crippen LogP) is 0.659. The van der Waals surface area contributed by atoms with Crippen molar-refractivity contribution in [1.29, 1.82) is 0 Å². The van der Waals surface area contributed by atoms with Crippen LogP contribution in [0.2, 0.25) is 0 Å². The highest BCUT2D eigenvalue weighted by Crippen LogP contribution is 2.09. The van der Waals surface area contributed by atoms with Gasteiger partial charge in [-0.1, -0.05) is 44.2 Å². The fourth-order valence-corrected chi connectivity index (χ4v) is 2.75. The van der Waals surface area contributed by atoms with Gasteiger partial charge in [0.15, 0.2) is 6.29 Å². The highest BCUT2D eigenvalue weighted by atomic mass is 16.5. The van der Waals surface area contributed by atoms with Crippen LogP contribution in [0.1, 0.15) is 36.3 Å². The highest BCUT2D eigenvalue weighted by molar-refractivity contribution is 5.96. The summed E-state index contributed by atoms with van der Waals surface area (Å²) in [6.45, 7) is 3.83. The van der Waals surface area contributed by atoms with Crippen molar-refractivity contribution in [3.05, 3.63) is 60.2 Å². The zero-order valence-corrected chi connectivity index (χ0v) is 15.9. The largest absolute Gasteiger partial charge is 0.366 e. The van der Waals surface area contributed by atoms with Crippen molar-refractivity contribution in [3.8, 4) is 0 Å². The molecule has 8 heteroatoms. The minimum atomic E-state index is -1.69. The van der Waals surface area contributed by atoms with E-state index >= 15 is 0 Å². The Hall–Kier alpha value is -2.84. The van der Waals surface area contributed by atoms with Crippen molar-refractivity contribution in [2.75, 3.05) is 0 Å². The molecular weight excluding hydrogens is 360 g/mol. The van der Waals surface area contributed by atoms with Crippen LogP contribution < -0.4 is 10.6 Å². The minimum absolute atomic E-state index is 0.0919. The lowest BCUT2D eigenvalue weighted by Gasteiger charge is -2.25. The number of hydrogen-bond donors (Lipinski definition) is 4. The molecule has 1 aromatic heterocycles. The molecule has 0 aliphatic carbocycles. The van der Waals surface area contributed by atoms with E-state index in [1.807, 2.05) is 44.2 Å². The number of benzene rings is 1. The van der Waals surface area contributed by atoms with E-state index in [1.165, 1.54) is 18.6 Å². The summed E-state index contributed by atoms with van der Waals surface area (Å²) in [4.78, 5) is 33.1. The van der Waals surface area contributed by atoms with E-state index in [1.54, 1.807) is 0 Å². The van der Waals surface area contributed by atoms with Gasteiger partial charge in [0.2, 0.25) is 5.91 Å². The molecule has 8 nitrogen and oxygen atoms in total. The van der Waals surface area contributed by atoms with Crippen molar-refractivity contribution in [3.63, 3.8) is 0 Å². The molecule has 1 aromatic carbocycles. The third kappa shape index (κ3) is 6.71. The number of carbonyl (C=O) groups is 2. The molecular formula is C20H26N4O4. The molecule has 0 saturated heterocycles. The molecule has 1 heterocycles. The van der Waals surface area contributed by atoms with Gasteiger partial charge in [-0.15, -0.1) is 0 Å². The maximum absolute atomic E-state index is 12.8. The summed E-state index contributed by atoms with van der Waals surface area (Å²) in [5.41, 5.74) is 0.946. The molecule has 0 radical (unpaired) electrons. The first kappa shape index (κ1) is 21.5. The maximum Gasteiger partial charge on any atom is 0.272 e. The lowest BCUT2D eigenvalue weighted by atomic mass is 10.0. The van der Waals surface area contributed by atoms with E-state index in [0.717, 1.165) is 5.56 Å². The van der Waals surface area contributed by atoms with Gasteiger partial charge in [-0.2, -0.15) is 0 Å². The van der Waals surface area contributed by atoms with E-state index < -0.39 is 30.2 Å². The van der Waals surface area contributed by atoms with Crippen molar-refractivity contribution >= 4 is 11.8 Å². The zero-order chi connectivity index (χ0) is 20.5. The Morgan fingerprint density at radius 1 is 1.07 bits per heavy atom. The Kier molecular flexibility index (Phi) is 8.03. The van der Waals surface area contributed by atoms with Crippen LogP contribution in [0.5, 0.6) is 0 Å². The van der Waals surface area contributed by atoms with Gasteiger partial charge in [0.25, 0.3) is 5.91 Å². The summed E-state index contributed by atoms with van der Waals surface area (Å²) in [7, 11) is 0. The van der Waals surface area contributed by atoms with Crippen molar-refractivity contribution in [1.82, 2.24) is 20.6 Å². The van der Waals surface area contributed by atoms with E-state index in [4.69, 9.17) is 0 Å². The van der Waals surface area contributed by atoms with Gasteiger partial charge in [-0.05, 0) is 17.9 Å². The molecule has 2 amide bonds. The Morgan fingerprint density at radius 2 is 1.79 bits per heavy atom. The molecule has 150 valence electrons. The summed E-state index contributed by atoms with van der Waals surface area (Å²) in [6, 6.07) is 7.49. The summed E-state index contributed by atoms with van der Waals surface area (Å²) >= 11 is 0. The van der Waals surface area contributed by atoms with Crippen LogP contribution in [0.25, 0.3) is 0 Å². The fourth-order valence-electron chi connectivity index (χ4n) is 2.75. The SMILES string of the molecule is CC(C)C[C@H](NC(=O)[C@H](Cc1ccccc1)NC(=O)c1cnccn1)C(O)O. The van der Waals surface area contributed by atoms with Crippen LogP contribution in [0.3, 0.4) is 0 Å². The van der Waals surface area contributed by atoms with Crippen LogP contribution in [0.4, 0.5) is 0 Å². The highest BCUT2D eigenvalue weighted by Gasteiger charge is 2.27. The number of carbonyl (C=O) groups excluding carboxylic acids is 2. The molecule has 4 N–H and O–H groups in total. The van der Waals surface area contributed by atoms with Gasteiger partial charge >= 0.3 is 0 Å². The summed E-state index contributed by atoms with van der Waals surface area (Å²) in [5, 5.41) is 24.5. The first-order valence-electron chi connectivity index (χ1n) is 9.14. The van der Waals surface area contributed by atoms with Crippen LogP contribution >= 0.6 is 0 Å². The Bertz CT molecular complexity index is 753. The third-order valence-corrected chi connectivity index (χ3v) is 4.11. The third-order valence-electron chi connectivity index (χ3n) is 4.11. The number of rotatable bonds is 9. The number of aliphatic hydroxyl groups excluding tert-OH is 1. The normalized spacial score (nSPS) is 13.2. The first-order valence-corrected chi connectivity index (χ1v) is 9.14. The molecule has 0 saturated carbocycles. The predicted molar refractivity (Wildman–Crippen MR) is 103 cm³/mol. The number of nitrogens with one attached hydrogen (secondary N) is 2. The van der Waals surface area contributed by atoms with Crippen LogP contribution in [-0.2, 0) is 11.2 Å². The number of nitrogens with zero attached hydrogens (tertiary/aromatic N) is 2. The Balaban J connectivity index is 2.16. The van der Waals surface area contributed by atoms with Gasteiger partial charge in [-0.25, -0.2) is 4.98 Å². The second-order valence-corrected chi connectivity index (χ2v) is 6.96. The van der Waals surface area contributed by atoms with Crippen LogP contribution in [-0.4, -0.2) is 50.4 Å². The van der Waals surface area contributed by atoms with E-state index in [0.29, 0.717) is 6.42 Å². The maximum atomic E-state index is 12.8. The van der Waals surface area contributed by atoms with E-state index in [-0.39, 0.29) is 18.0 Å². The molecule has 2 atom stereocenters. The molecule has 0 aliphatic heterocycles. The topological polar surface area (TPSA) is 124 Å². The lowest BCUT2D eigenvalue weighted by Crippen LogP contribution is -2.53. The van der Waals surface area contributed by atoms with Gasteiger partial charge in [-0.3, -0.25) is 14.6 Å². The molecule has 0 bridgehead atoms. The van der Waals surface area contributed by atoms with Gasteiger partial charge in [0, 0.05) is 18.8 Å². The molecule has 0 unspecified atom stereocenters. The average Bonchev–Trinajstić information content (AvgIpc) is 2.68. The Labute approximate surface area is 164 Å². The lowest BCUT2D eigenvalue weighted by molar-refractivity contribution is -0.129. The summed E-state index contributed by atoms with van der Waals surface area (Å²) < 4.78 is 0.